The lowest BCUT2D eigenvalue weighted by Crippen LogP contribution is -2.42. The van der Waals surface area contributed by atoms with Gasteiger partial charge in [-0.3, -0.25) is 4.79 Å². The van der Waals surface area contributed by atoms with Crippen molar-refractivity contribution >= 4 is 5.91 Å². The molecule has 1 unspecified atom stereocenters. The minimum atomic E-state index is -0.496. The zero-order valence-electron chi connectivity index (χ0n) is 10.9. The van der Waals surface area contributed by atoms with Crippen LogP contribution >= 0.6 is 0 Å². The number of hydrogen-bond acceptors (Lipinski definition) is 3. The Bertz CT molecular complexity index is 208. The lowest BCUT2D eigenvalue weighted by atomic mass is 9.96. The van der Waals surface area contributed by atoms with Gasteiger partial charge in [-0.05, 0) is 19.8 Å². The molecular formula is C12H26N2O2. The highest BCUT2D eigenvalue weighted by atomic mass is 16.3. The molecule has 1 amide bonds. The fourth-order valence-corrected chi connectivity index (χ4v) is 1.69. The molecule has 0 bridgehead atoms. The summed E-state index contributed by atoms with van der Waals surface area (Å²) in [6.07, 6.45) is 1.67. The van der Waals surface area contributed by atoms with Crippen LogP contribution in [0.3, 0.4) is 0 Å². The second-order valence-electron chi connectivity index (χ2n) is 5.11. The number of carbonyl (C=O) groups excluding carboxylic acids is 1. The van der Waals surface area contributed by atoms with E-state index in [0.29, 0.717) is 6.54 Å². The average Bonchev–Trinajstić information content (AvgIpc) is 2.14. The molecular weight excluding hydrogens is 204 g/mol. The zero-order valence-corrected chi connectivity index (χ0v) is 10.9. The van der Waals surface area contributed by atoms with Gasteiger partial charge in [0.05, 0.1) is 6.10 Å². The summed E-state index contributed by atoms with van der Waals surface area (Å²) in [5.41, 5.74) is 5.24. The molecule has 0 fully saturated rings. The van der Waals surface area contributed by atoms with Crippen LogP contribution in [0, 0.1) is 5.92 Å². The fraction of sp³-hybridized carbons (Fsp3) is 0.917. The van der Waals surface area contributed by atoms with Gasteiger partial charge in [0.15, 0.2) is 0 Å². The maximum absolute atomic E-state index is 11.5. The Morgan fingerprint density at radius 1 is 1.38 bits per heavy atom. The van der Waals surface area contributed by atoms with Crippen molar-refractivity contribution in [3.63, 3.8) is 0 Å². The highest BCUT2D eigenvalue weighted by molar-refractivity contribution is 5.77. The molecule has 0 rings (SSSR count). The summed E-state index contributed by atoms with van der Waals surface area (Å²) >= 11 is 0. The summed E-state index contributed by atoms with van der Waals surface area (Å²) in [5.74, 6) is 0.156. The van der Waals surface area contributed by atoms with Crippen LogP contribution in [0.5, 0.6) is 0 Å². The highest BCUT2D eigenvalue weighted by Gasteiger charge is 2.19. The molecule has 0 aromatic heterocycles. The predicted molar refractivity (Wildman–Crippen MR) is 66.0 cm³/mol. The molecule has 0 aromatic rings. The van der Waals surface area contributed by atoms with Gasteiger partial charge >= 0.3 is 0 Å². The summed E-state index contributed by atoms with van der Waals surface area (Å²) in [5, 5.41) is 12.5. The molecule has 4 N–H and O–H groups in total. The summed E-state index contributed by atoms with van der Waals surface area (Å²) in [7, 11) is 0. The van der Waals surface area contributed by atoms with Crippen molar-refractivity contribution in [2.45, 2.75) is 58.6 Å². The lowest BCUT2D eigenvalue weighted by Gasteiger charge is -2.22. The second kappa shape index (κ2) is 6.86. The molecule has 0 aliphatic rings. The van der Waals surface area contributed by atoms with Gasteiger partial charge in [0.2, 0.25) is 5.91 Å². The smallest absolute Gasteiger partial charge is 0.221 e. The van der Waals surface area contributed by atoms with E-state index < -0.39 is 11.6 Å². The van der Waals surface area contributed by atoms with Gasteiger partial charge in [0.25, 0.3) is 0 Å². The molecule has 0 heterocycles. The minimum absolute atomic E-state index is 0.0995. The van der Waals surface area contributed by atoms with Crippen LogP contribution in [-0.2, 0) is 4.79 Å². The first-order chi connectivity index (χ1) is 7.30. The van der Waals surface area contributed by atoms with Crippen molar-refractivity contribution in [2.24, 2.45) is 11.7 Å². The van der Waals surface area contributed by atoms with Crippen LogP contribution in [-0.4, -0.2) is 29.2 Å². The Hall–Kier alpha value is -0.610. The van der Waals surface area contributed by atoms with E-state index in [1.54, 1.807) is 0 Å². The van der Waals surface area contributed by atoms with Gasteiger partial charge in [-0.15, -0.1) is 0 Å². The van der Waals surface area contributed by atoms with Crippen molar-refractivity contribution in [3.05, 3.63) is 0 Å². The average molecular weight is 230 g/mol. The lowest BCUT2D eigenvalue weighted by molar-refractivity contribution is -0.122. The number of aliphatic hydroxyl groups is 1. The summed E-state index contributed by atoms with van der Waals surface area (Å²) in [6, 6.07) is 0. The van der Waals surface area contributed by atoms with Crippen molar-refractivity contribution in [1.82, 2.24) is 5.32 Å². The number of nitrogens with one attached hydrogen (secondary N) is 1. The third kappa shape index (κ3) is 6.80. The quantitative estimate of drug-likeness (QED) is 0.611. The first kappa shape index (κ1) is 15.4. The first-order valence-corrected chi connectivity index (χ1v) is 6.03. The number of carbonyl (C=O) groups is 1. The van der Waals surface area contributed by atoms with Crippen LogP contribution in [0.25, 0.3) is 0 Å². The maximum atomic E-state index is 11.5. The molecule has 96 valence electrons. The van der Waals surface area contributed by atoms with E-state index in [1.165, 1.54) is 0 Å². The second-order valence-corrected chi connectivity index (χ2v) is 5.11. The Balaban J connectivity index is 3.92. The molecule has 4 heteroatoms. The molecule has 4 nitrogen and oxygen atoms in total. The zero-order chi connectivity index (χ0) is 12.8. The minimum Gasteiger partial charge on any atom is -0.391 e. The van der Waals surface area contributed by atoms with E-state index in [9.17, 15) is 9.90 Å². The number of nitrogens with two attached hydrogens (primary N) is 1. The predicted octanol–water partition coefficient (Wildman–Crippen LogP) is 1.03. The van der Waals surface area contributed by atoms with E-state index in [2.05, 4.69) is 5.32 Å². The van der Waals surface area contributed by atoms with Crippen molar-refractivity contribution in [2.75, 3.05) is 6.54 Å². The van der Waals surface area contributed by atoms with Crippen LogP contribution < -0.4 is 11.1 Å². The van der Waals surface area contributed by atoms with Crippen LogP contribution in [0.15, 0.2) is 0 Å². The summed E-state index contributed by atoms with van der Waals surface area (Å²) in [4.78, 5) is 11.5. The van der Waals surface area contributed by atoms with Gasteiger partial charge in [0.1, 0.15) is 0 Å². The Morgan fingerprint density at radius 3 is 2.25 bits per heavy atom. The number of rotatable bonds is 7. The molecule has 0 spiro atoms. The maximum Gasteiger partial charge on any atom is 0.221 e. The third-order valence-corrected chi connectivity index (χ3v) is 2.72. The van der Waals surface area contributed by atoms with Gasteiger partial charge < -0.3 is 16.2 Å². The standard InChI is InChI=1S/C12H26N2O2/c1-5-9(6-2)10(15)8-14-11(16)7-12(3,4)13/h9-10,15H,5-8,13H2,1-4H3,(H,14,16). The molecule has 16 heavy (non-hydrogen) atoms. The van der Waals surface area contributed by atoms with Crippen molar-refractivity contribution in [3.8, 4) is 0 Å². The Kier molecular flexibility index (Phi) is 6.60. The SMILES string of the molecule is CCC(CC)C(O)CNC(=O)CC(C)(C)N. The molecule has 0 aliphatic carbocycles. The topological polar surface area (TPSA) is 75.3 Å². The van der Waals surface area contributed by atoms with Crippen LogP contribution in [0.2, 0.25) is 0 Å². The molecule has 0 saturated heterocycles. The van der Waals surface area contributed by atoms with E-state index in [0.717, 1.165) is 12.8 Å². The number of hydrogen-bond donors (Lipinski definition) is 3. The summed E-state index contributed by atoms with van der Waals surface area (Å²) in [6.45, 7) is 8.03. The van der Waals surface area contributed by atoms with Crippen LogP contribution in [0.1, 0.15) is 47.0 Å². The van der Waals surface area contributed by atoms with Crippen molar-refractivity contribution < 1.29 is 9.90 Å². The Morgan fingerprint density at radius 2 is 1.88 bits per heavy atom. The van der Waals surface area contributed by atoms with Gasteiger partial charge in [-0.1, -0.05) is 26.7 Å². The molecule has 0 saturated carbocycles. The van der Waals surface area contributed by atoms with Crippen molar-refractivity contribution in [1.29, 1.82) is 0 Å². The molecule has 0 radical (unpaired) electrons. The van der Waals surface area contributed by atoms with E-state index >= 15 is 0 Å². The molecule has 0 aliphatic heterocycles. The van der Waals surface area contributed by atoms with Crippen LogP contribution in [0.4, 0.5) is 0 Å². The van der Waals surface area contributed by atoms with Gasteiger partial charge in [0, 0.05) is 18.5 Å². The normalized spacial score (nSPS) is 13.9. The number of amides is 1. The van der Waals surface area contributed by atoms with Gasteiger partial charge in [-0.25, -0.2) is 0 Å². The summed E-state index contributed by atoms with van der Waals surface area (Å²) < 4.78 is 0. The molecule has 0 aromatic carbocycles. The van der Waals surface area contributed by atoms with E-state index in [4.69, 9.17) is 5.73 Å². The molecule has 1 atom stereocenters. The largest absolute Gasteiger partial charge is 0.391 e. The Labute approximate surface area is 98.6 Å². The third-order valence-electron chi connectivity index (χ3n) is 2.72. The van der Waals surface area contributed by atoms with E-state index in [1.807, 2.05) is 27.7 Å². The van der Waals surface area contributed by atoms with E-state index in [-0.39, 0.29) is 18.2 Å². The van der Waals surface area contributed by atoms with Gasteiger partial charge in [-0.2, -0.15) is 0 Å². The first-order valence-electron chi connectivity index (χ1n) is 6.03. The number of aliphatic hydroxyl groups excluding tert-OH is 1. The monoisotopic (exact) mass is 230 g/mol. The fourth-order valence-electron chi connectivity index (χ4n) is 1.69. The highest BCUT2D eigenvalue weighted by Crippen LogP contribution is 2.12.